The molecule has 4 atom stereocenters. The molecular formula is C28H58NO+. The molecule has 3 rings (SSSR count). The number of nitrogens with one attached hydrogen (secondary N) is 1. The molecule has 0 saturated heterocycles. The molecule has 3 aliphatic carbocycles. The predicted molar refractivity (Wildman–Crippen MR) is 135 cm³/mol. The van der Waals surface area contributed by atoms with Gasteiger partial charge in [0.15, 0.2) is 6.10 Å². The molecule has 2 N–H and O–H groups in total. The van der Waals surface area contributed by atoms with E-state index in [1.807, 2.05) is 14.1 Å². The maximum absolute atomic E-state index is 5.10. The monoisotopic (exact) mass is 424 g/mol. The normalized spacial score (nSPS) is 26.6. The topological polar surface area (TPSA) is 24.8 Å². The molecule has 3 saturated carbocycles. The second-order valence-electron chi connectivity index (χ2n) is 11.0. The van der Waals surface area contributed by atoms with E-state index >= 15 is 0 Å². The van der Waals surface area contributed by atoms with Gasteiger partial charge in [0.2, 0.25) is 0 Å². The van der Waals surface area contributed by atoms with Crippen molar-refractivity contribution in [2.75, 3.05) is 20.7 Å². The zero-order chi connectivity index (χ0) is 22.2. The summed E-state index contributed by atoms with van der Waals surface area (Å²) in [6, 6.07) is 0. The van der Waals surface area contributed by atoms with Gasteiger partial charge in [-0.15, -0.1) is 0 Å². The summed E-state index contributed by atoms with van der Waals surface area (Å²) < 4.78 is 5.10. The molecule has 3 aliphatic rings. The van der Waals surface area contributed by atoms with Gasteiger partial charge in [-0.25, -0.2) is 0 Å². The first-order chi connectivity index (χ1) is 14.5. The largest absolute Gasteiger partial charge is 0.431 e. The Morgan fingerprint density at radius 2 is 1.17 bits per heavy atom. The number of aliphatic hydroxyl groups is 2. The molecule has 30 heavy (non-hydrogen) atoms. The summed E-state index contributed by atoms with van der Waals surface area (Å²) in [6.45, 7) is 10.9. The van der Waals surface area contributed by atoms with Crippen LogP contribution in [0.5, 0.6) is 0 Å². The van der Waals surface area contributed by atoms with Gasteiger partial charge in [0.1, 0.15) is 6.61 Å². The molecule has 2 nitrogen and oxygen atoms in total. The minimum atomic E-state index is 0.612. The number of ether oxygens (including phenoxy) is 1. The molecule has 0 spiro atoms. The van der Waals surface area contributed by atoms with Crippen molar-refractivity contribution < 1.29 is 4.74 Å². The lowest BCUT2D eigenvalue weighted by molar-refractivity contribution is -0.229. The van der Waals surface area contributed by atoms with Gasteiger partial charge >= 0.3 is 0 Å². The van der Waals surface area contributed by atoms with Gasteiger partial charge in [-0.1, -0.05) is 105 Å². The highest BCUT2D eigenvalue weighted by Gasteiger charge is 2.58. The van der Waals surface area contributed by atoms with Crippen LogP contribution in [0.1, 0.15) is 130 Å². The lowest BCUT2D eigenvalue weighted by Gasteiger charge is -2.60. The lowest BCUT2D eigenvalue weighted by atomic mass is 9.45. The molecule has 0 aromatic rings. The molecule has 180 valence electrons. The van der Waals surface area contributed by atoms with Crippen LogP contribution in [0.3, 0.4) is 0 Å². The first-order valence-electron chi connectivity index (χ1n) is 13.7. The summed E-state index contributed by atoms with van der Waals surface area (Å²) in [5, 5.41) is 2.75. The van der Waals surface area contributed by atoms with Gasteiger partial charge in [0.25, 0.3) is 0 Å². The standard InChI is InChI=1S/C26H50O.C2H7N/c1-5-6-7-8-9-10-11-12-13-14-15-16-17-18-19-27-25-21-23-20-24(22(25)2)26(23,3)4;1-3-2/h22-25H,5-21H2,1-4H3;3H,1-2H3/p+1/t22-,23?,24?,25-;/m1./s1. The van der Waals surface area contributed by atoms with Crippen LogP contribution in [-0.4, -0.2) is 31.5 Å². The Balaban J connectivity index is 0.00000141. The second-order valence-corrected chi connectivity index (χ2v) is 11.0. The Morgan fingerprint density at radius 1 is 0.733 bits per heavy atom. The van der Waals surface area contributed by atoms with Crippen molar-refractivity contribution in [3.8, 4) is 0 Å². The summed E-state index contributed by atoms with van der Waals surface area (Å²) in [4.78, 5) is 0. The molecule has 3 fully saturated rings. The SMILES string of the molecule is CCCCCCCCCCCCCCCC[OH+][C@@H]1CC2CC([C@H]1C)C2(C)C.CNC. The van der Waals surface area contributed by atoms with Gasteiger partial charge in [0, 0.05) is 18.8 Å². The van der Waals surface area contributed by atoms with Gasteiger partial charge < -0.3 is 10.1 Å². The molecule has 0 aliphatic heterocycles. The summed E-state index contributed by atoms with van der Waals surface area (Å²) in [5.74, 6) is 2.74. The number of hydrogen-bond acceptors (Lipinski definition) is 1. The second kappa shape index (κ2) is 16.5. The van der Waals surface area contributed by atoms with Crippen molar-refractivity contribution in [1.82, 2.24) is 5.32 Å². The molecule has 0 radical (unpaired) electrons. The molecular weight excluding hydrogens is 366 g/mol. The fourth-order valence-corrected chi connectivity index (χ4v) is 5.93. The fraction of sp³-hybridized carbons (Fsp3) is 1.00. The Kier molecular flexibility index (Phi) is 15.4. The quantitative estimate of drug-likeness (QED) is 0.198. The van der Waals surface area contributed by atoms with E-state index in [0.29, 0.717) is 11.5 Å². The van der Waals surface area contributed by atoms with Gasteiger partial charge in [-0.05, 0) is 44.2 Å². The molecule has 0 aromatic heterocycles. The highest BCUT2D eigenvalue weighted by Crippen LogP contribution is 2.61. The summed E-state index contributed by atoms with van der Waals surface area (Å²) >= 11 is 0. The minimum Gasteiger partial charge on any atom is -0.431 e. The third-order valence-corrected chi connectivity index (χ3v) is 8.19. The molecule has 2 bridgehead atoms. The van der Waals surface area contributed by atoms with E-state index in [2.05, 4.69) is 33.0 Å². The van der Waals surface area contributed by atoms with E-state index < -0.39 is 0 Å². The maximum Gasteiger partial charge on any atom is 0.157 e. The lowest BCUT2D eigenvalue weighted by Crippen LogP contribution is -2.57. The smallest absolute Gasteiger partial charge is 0.157 e. The van der Waals surface area contributed by atoms with Gasteiger partial charge in [-0.3, -0.25) is 0 Å². The van der Waals surface area contributed by atoms with Crippen LogP contribution in [0.4, 0.5) is 0 Å². The van der Waals surface area contributed by atoms with Crippen LogP contribution in [0.15, 0.2) is 0 Å². The Hall–Kier alpha value is -0.0800. The summed E-state index contributed by atoms with van der Waals surface area (Å²) in [7, 11) is 3.75. The van der Waals surface area contributed by atoms with Crippen molar-refractivity contribution >= 4 is 0 Å². The van der Waals surface area contributed by atoms with Crippen molar-refractivity contribution in [2.24, 2.45) is 23.2 Å². The minimum absolute atomic E-state index is 0.612. The first-order valence-corrected chi connectivity index (χ1v) is 13.7. The summed E-state index contributed by atoms with van der Waals surface area (Å²) in [6.07, 6.45) is 23.7. The van der Waals surface area contributed by atoms with E-state index in [9.17, 15) is 0 Å². The van der Waals surface area contributed by atoms with Gasteiger partial charge in [-0.2, -0.15) is 0 Å². The van der Waals surface area contributed by atoms with E-state index in [4.69, 9.17) is 4.74 Å². The van der Waals surface area contributed by atoms with Gasteiger partial charge in [0.05, 0.1) is 0 Å². The number of unbranched alkanes of at least 4 members (excludes halogenated alkanes) is 13. The Labute approximate surface area is 190 Å². The van der Waals surface area contributed by atoms with Crippen molar-refractivity contribution in [2.45, 2.75) is 137 Å². The third-order valence-electron chi connectivity index (χ3n) is 8.19. The van der Waals surface area contributed by atoms with E-state index in [1.54, 1.807) is 0 Å². The van der Waals surface area contributed by atoms with Crippen LogP contribution in [-0.2, 0) is 0 Å². The number of hydrogen-bond donors (Lipinski definition) is 1. The van der Waals surface area contributed by atoms with Crippen molar-refractivity contribution in [1.29, 1.82) is 0 Å². The van der Waals surface area contributed by atoms with Crippen molar-refractivity contribution in [3.63, 3.8) is 0 Å². The van der Waals surface area contributed by atoms with Crippen LogP contribution in [0.2, 0.25) is 0 Å². The molecule has 0 aromatic carbocycles. The van der Waals surface area contributed by atoms with Crippen molar-refractivity contribution in [3.05, 3.63) is 0 Å². The third kappa shape index (κ3) is 10.0. The van der Waals surface area contributed by atoms with E-state index in [1.165, 1.54) is 103 Å². The van der Waals surface area contributed by atoms with E-state index in [-0.39, 0.29) is 0 Å². The van der Waals surface area contributed by atoms with Crippen LogP contribution < -0.4 is 5.32 Å². The fourth-order valence-electron chi connectivity index (χ4n) is 5.93. The van der Waals surface area contributed by atoms with Crippen LogP contribution >= 0.6 is 0 Å². The molecule has 0 heterocycles. The zero-order valence-electron chi connectivity index (χ0n) is 21.8. The number of fused-ring (bicyclic) bond motifs is 2. The average molecular weight is 425 g/mol. The van der Waals surface area contributed by atoms with Crippen LogP contribution in [0, 0.1) is 23.2 Å². The Bertz CT molecular complexity index is 394. The number of rotatable bonds is 16. The molecule has 2 unspecified atom stereocenters. The Morgan fingerprint density at radius 3 is 1.57 bits per heavy atom. The predicted octanol–water partition coefficient (Wildman–Crippen LogP) is 7.90. The molecule has 2 heteroatoms. The first kappa shape index (κ1) is 28.0. The van der Waals surface area contributed by atoms with E-state index in [0.717, 1.165) is 24.4 Å². The zero-order valence-corrected chi connectivity index (χ0v) is 21.8. The highest BCUT2D eigenvalue weighted by atomic mass is 16.5. The maximum atomic E-state index is 5.10. The molecule has 0 amide bonds. The summed E-state index contributed by atoms with van der Waals surface area (Å²) in [5.41, 5.74) is 0.612. The average Bonchev–Trinajstić information content (AvgIpc) is 2.72. The highest BCUT2D eigenvalue weighted by molar-refractivity contribution is 5.05. The van der Waals surface area contributed by atoms with Crippen LogP contribution in [0.25, 0.3) is 0 Å².